The third-order valence-corrected chi connectivity index (χ3v) is 3.48. The van der Waals surface area contributed by atoms with Gasteiger partial charge < -0.3 is 9.15 Å². The van der Waals surface area contributed by atoms with Crippen molar-refractivity contribution < 1.29 is 18.7 Å². The summed E-state index contributed by atoms with van der Waals surface area (Å²) in [5, 5.41) is 0. The maximum Gasteiger partial charge on any atom is 0.342 e. The molecule has 0 bridgehead atoms. The molecule has 0 aliphatic heterocycles. The molecule has 0 N–H and O–H groups in total. The van der Waals surface area contributed by atoms with E-state index in [0.29, 0.717) is 28.9 Å². The molecule has 3 aromatic rings. The summed E-state index contributed by atoms with van der Waals surface area (Å²) in [7, 11) is 0. The molecule has 2 aromatic heterocycles. The predicted molar refractivity (Wildman–Crippen MR) is 88.7 cm³/mol. The molecule has 0 radical (unpaired) electrons. The number of aldehydes is 1. The molecule has 0 unspecified atom stereocenters. The number of rotatable bonds is 5. The van der Waals surface area contributed by atoms with Crippen molar-refractivity contribution in [2.75, 3.05) is 6.61 Å². The van der Waals surface area contributed by atoms with Gasteiger partial charge in [-0.1, -0.05) is 36.4 Å². The second-order valence-electron chi connectivity index (χ2n) is 4.96. The molecule has 5 nitrogen and oxygen atoms in total. The van der Waals surface area contributed by atoms with E-state index >= 15 is 0 Å². The van der Waals surface area contributed by atoms with Gasteiger partial charge in [-0.2, -0.15) is 0 Å². The van der Waals surface area contributed by atoms with E-state index in [9.17, 15) is 9.59 Å². The highest BCUT2D eigenvalue weighted by Gasteiger charge is 2.29. The van der Waals surface area contributed by atoms with Gasteiger partial charge in [-0.3, -0.25) is 9.78 Å². The van der Waals surface area contributed by atoms with Crippen molar-refractivity contribution in [3.05, 3.63) is 66.1 Å². The van der Waals surface area contributed by atoms with Crippen LogP contribution in [0.15, 0.2) is 59.1 Å². The largest absolute Gasteiger partial charge is 0.462 e. The van der Waals surface area contributed by atoms with E-state index in [1.165, 1.54) is 0 Å². The second kappa shape index (κ2) is 6.91. The van der Waals surface area contributed by atoms with Crippen molar-refractivity contribution in [2.45, 2.75) is 6.92 Å². The first kappa shape index (κ1) is 15.7. The molecule has 0 atom stereocenters. The zero-order valence-corrected chi connectivity index (χ0v) is 13.1. The maximum absolute atomic E-state index is 12.5. The minimum Gasteiger partial charge on any atom is -0.462 e. The van der Waals surface area contributed by atoms with Crippen molar-refractivity contribution >= 4 is 12.3 Å². The molecule has 120 valence electrons. The summed E-state index contributed by atoms with van der Waals surface area (Å²) in [4.78, 5) is 28.3. The van der Waals surface area contributed by atoms with E-state index in [-0.39, 0.29) is 17.9 Å². The van der Waals surface area contributed by atoms with Crippen LogP contribution in [0.2, 0.25) is 0 Å². The van der Waals surface area contributed by atoms with Gasteiger partial charge in [-0.25, -0.2) is 4.79 Å². The fourth-order valence-corrected chi connectivity index (χ4v) is 2.49. The lowest BCUT2D eigenvalue weighted by Gasteiger charge is -2.05. The number of benzene rings is 1. The monoisotopic (exact) mass is 321 g/mol. The summed E-state index contributed by atoms with van der Waals surface area (Å²) in [6, 6.07) is 14.4. The Balaban J connectivity index is 2.29. The Morgan fingerprint density at radius 2 is 1.92 bits per heavy atom. The van der Waals surface area contributed by atoms with Crippen molar-refractivity contribution in [3.63, 3.8) is 0 Å². The summed E-state index contributed by atoms with van der Waals surface area (Å²) in [6.07, 6.45) is 2.17. The van der Waals surface area contributed by atoms with Crippen LogP contribution in [0.4, 0.5) is 0 Å². The first-order valence-corrected chi connectivity index (χ1v) is 7.52. The predicted octanol–water partition coefficient (Wildman–Crippen LogP) is 4.00. The zero-order valence-electron chi connectivity index (χ0n) is 13.1. The number of furan rings is 1. The van der Waals surface area contributed by atoms with Gasteiger partial charge in [0.25, 0.3) is 0 Å². The average Bonchev–Trinajstić information content (AvgIpc) is 3.03. The standard InChI is InChI=1S/C19H15NO4/c1-2-23-19(22)17-16(14-10-6-7-11-20-14)15(12-21)24-18(17)13-8-4-3-5-9-13/h3-12H,2H2,1H3. The van der Waals surface area contributed by atoms with Gasteiger partial charge in [-0.15, -0.1) is 0 Å². The number of esters is 1. The Morgan fingerprint density at radius 3 is 2.54 bits per heavy atom. The Morgan fingerprint density at radius 1 is 1.17 bits per heavy atom. The lowest BCUT2D eigenvalue weighted by Crippen LogP contribution is -2.07. The molecule has 0 saturated heterocycles. The number of hydrogen-bond donors (Lipinski definition) is 0. The van der Waals surface area contributed by atoms with Gasteiger partial charge in [0.2, 0.25) is 0 Å². The topological polar surface area (TPSA) is 69.4 Å². The summed E-state index contributed by atoms with van der Waals surface area (Å²) >= 11 is 0. The Hall–Kier alpha value is -3.21. The van der Waals surface area contributed by atoms with Gasteiger partial charge in [0, 0.05) is 11.8 Å². The third kappa shape index (κ3) is 2.84. The van der Waals surface area contributed by atoms with Crippen LogP contribution < -0.4 is 0 Å². The van der Waals surface area contributed by atoms with Crippen LogP contribution in [0, 0.1) is 0 Å². The molecule has 5 heteroatoms. The Kier molecular flexibility index (Phi) is 4.52. The first-order chi connectivity index (χ1) is 11.8. The van der Waals surface area contributed by atoms with E-state index < -0.39 is 5.97 Å². The van der Waals surface area contributed by atoms with E-state index in [1.54, 1.807) is 43.5 Å². The Bertz CT molecular complexity index is 854. The van der Waals surface area contributed by atoms with Crippen LogP contribution >= 0.6 is 0 Å². The van der Waals surface area contributed by atoms with E-state index in [1.807, 2.05) is 18.2 Å². The Labute approximate surface area is 138 Å². The summed E-state index contributed by atoms with van der Waals surface area (Å²) in [5.74, 6) is -0.193. The third-order valence-electron chi connectivity index (χ3n) is 3.48. The minimum absolute atomic E-state index is 0.0515. The summed E-state index contributed by atoms with van der Waals surface area (Å²) < 4.78 is 10.9. The molecule has 3 rings (SSSR count). The number of carbonyl (C=O) groups excluding carboxylic acids is 2. The molecular weight excluding hydrogens is 306 g/mol. The smallest absolute Gasteiger partial charge is 0.342 e. The molecule has 0 amide bonds. The van der Waals surface area contributed by atoms with E-state index in [4.69, 9.17) is 9.15 Å². The van der Waals surface area contributed by atoms with Gasteiger partial charge in [0.15, 0.2) is 12.0 Å². The number of aromatic nitrogens is 1. The second-order valence-corrected chi connectivity index (χ2v) is 4.96. The molecule has 0 fully saturated rings. The van der Waals surface area contributed by atoms with Crippen LogP contribution in [-0.4, -0.2) is 23.8 Å². The molecule has 24 heavy (non-hydrogen) atoms. The molecule has 2 heterocycles. The minimum atomic E-state index is -0.547. The molecular formula is C19H15NO4. The summed E-state index contributed by atoms with van der Waals surface area (Å²) in [5.41, 5.74) is 1.73. The average molecular weight is 321 g/mol. The van der Waals surface area contributed by atoms with Gasteiger partial charge in [-0.05, 0) is 19.1 Å². The number of hydrogen-bond acceptors (Lipinski definition) is 5. The van der Waals surface area contributed by atoms with Crippen LogP contribution in [0.25, 0.3) is 22.6 Å². The van der Waals surface area contributed by atoms with E-state index in [2.05, 4.69) is 4.98 Å². The highest BCUT2D eigenvalue weighted by atomic mass is 16.5. The van der Waals surface area contributed by atoms with Crippen LogP contribution in [-0.2, 0) is 4.74 Å². The van der Waals surface area contributed by atoms with Gasteiger partial charge in [0.1, 0.15) is 11.3 Å². The zero-order chi connectivity index (χ0) is 16.9. The van der Waals surface area contributed by atoms with Crippen molar-refractivity contribution in [2.24, 2.45) is 0 Å². The normalized spacial score (nSPS) is 10.4. The fraction of sp³-hybridized carbons (Fsp3) is 0.105. The highest BCUT2D eigenvalue weighted by Crippen LogP contribution is 2.37. The van der Waals surface area contributed by atoms with Crippen LogP contribution in [0.1, 0.15) is 27.8 Å². The number of ether oxygens (including phenoxy) is 1. The van der Waals surface area contributed by atoms with Gasteiger partial charge in [0.05, 0.1) is 17.9 Å². The van der Waals surface area contributed by atoms with Crippen molar-refractivity contribution in [1.29, 1.82) is 0 Å². The number of carbonyl (C=O) groups is 2. The van der Waals surface area contributed by atoms with Crippen LogP contribution in [0.5, 0.6) is 0 Å². The highest BCUT2D eigenvalue weighted by molar-refractivity contribution is 6.06. The molecule has 0 saturated carbocycles. The number of nitrogens with zero attached hydrogens (tertiary/aromatic N) is 1. The first-order valence-electron chi connectivity index (χ1n) is 7.52. The SMILES string of the molecule is CCOC(=O)c1c(-c2ccccc2)oc(C=O)c1-c1ccccn1. The lowest BCUT2D eigenvalue weighted by molar-refractivity contribution is 0.0527. The molecule has 0 spiro atoms. The summed E-state index contributed by atoms with van der Waals surface area (Å²) in [6.45, 7) is 1.94. The molecule has 0 aliphatic carbocycles. The van der Waals surface area contributed by atoms with Gasteiger partial charge >= 0.3 is 5.97 Å². The molecule has 0 aliphatic rings. The van der Waals surface area contributed by atoms with Crippen molar-refractivity contribution in [3.8, 4) is 22.6 Å². The quantitative estimate of drug-likeness (QED) is 0.525. The van der Waals surface area contributed by atoms with Crippen molar-refractivity contribution in [1.82, 2.24) is 4.98 Å². The lowest BCUT2D eigenvalue weighted by atomic mass is 10.0. The fourth-order valence-electron chi connectivity index (χ4n) is 2.49. The van der Waals surface area contributed by atoms with Crippen LogP contribution in [0.3, 0.4) is 0 Å². The maximum atomic E-state index is 12.5. The number of pyridine rings is 1. The molecule has 1 aromatic carbocycles. The van der Waals surface area contributed by atoms with E-state index in [0.717, 1.165) is 0 Å².